The van der Waals surface area contributed by atoms with E-state index in [1.54, 1.807) is 0 Å². The van der Waals surface area contributed by atoms with E-state index < -0.39 is 0 Å². The Balaban J connectivity index is 1.70. The summed E-state index contributed by atoms with van der Waals surface area (Å²) in [4.78, 5) is 13.4. The smallest absolute Gasteiger partial charge is 0.244 e. The predicted molar refractivity (Wildman–Crippen MR) is 104 cm³/mol. The molecule has 4 N–H and O–H groups in total. The summed E-state index contributed by atoms with van der Waals surface area (Å²) in [6, 6.07) is 5.53. The number of benzene rings is 1. The third-order valence-corrected chi connectivity index (χ3v) is 4.77. The number of morpholine rings is 1. The van der Waals surface area contributed by atoms with Crippen molar-refractivity contribution < 1.29 is 14.4 Å². The second kappa shape index (κ2) is 9.33. The van der Waals surface area contributed by atoms with E-state index in [2.05, 4.69) is 30.0 Å². The van der Waals surface area contributed by atoms with Crippen molar-refractivity contribution >= 4 is 40.5 Å². The lowest BCUT2D eigenvalue weighted by atomic mass is 10.2. The topological polar surface area (TPSA) is 66.8 Å². The van der Waals surface area contributed by atoms with Gasteiger partial charge in [-0.15, -0.1) is 0 Å². The minimum absolute atomic E-state index is 0.0914. The first-order chi connectivity index (χ1) is 11.8. The Morgan fingerprint density at radius 2 is 2.00 bits per heavy atom. The van der Waals surface area contributed by atoms with Gasteiger partial charge in [-0.05, 0) is 50.7 Å². The first-order valence-corrected chi connectivity index (χ1v) is 9.23. The number of amides is 1. The SMILES string of the molecule is Cc1c(Cl)cccc1NC(=S)NNC(=O)CC[NH+]1C[C@@H](C)O[C@H](C)C1. The lowest BCUT2D eigenvalue weighted by molar-refractivity contribution is -0.914. The van der Waals surface area contributed by atoms with E-state index in [1.165, 1.54) is 4.90 Å². The van der Waals surface area contributed by atoms with Crippen LogP contribution in [0.5, 0.6) is 0 Å². The van der Waals surface area contributed by atoms with Gasteiger partial charge in [-0.3, -0.25) is 15.6 Å². The van der Waals surface area contributed by atoms with Crippen LogP contribution in [0, 0.1) is 6.92 Å². The van der Waals surface area contributed by atoms with Crippen molar-refractivity contribution in [3.63, 3.8) is 0 Å². The molecule has 0 aliphatic carbocycles. The fourth-order valence-electron chi connectivity index (χ4n) is 2.97. The van der Waals surface area contributed by atoms with Gasteiger partial charge in [0.25, 0.3) is 0 Å². The number of carbonyl (C=O) groups is 1. The van der Waals surface area contributed by atoms with Crippen LogP contribution < -0.4 is 21.1 Å². The molecule has 25 heavy (non-hydrogen) atoms. The third kappa shape index (κ3) is 6.43. The Hall–Kier alpha value is -1.41. The van der Waals surface area contributed by atoms with Crippen LogP contribution in [0.3, 0.4) is 0 Å². The van der Waals surface area contributed by atoms with Crippen molar-refractivity contribution in [3.8, 4) is 0 Å². The van der Waals surface area contributed by atoms with Gasteiger partial charge in [-0.25, -0.2) is 0 Å². The van der Waals surface area contributed by atoms with Crippen LogP contribution in [-0.2, 0) is 9.53 Å². The molecular formula is C17H26ClN4O2S+. The second-order valence-electron chi connectivity index (χ2n) is 6.46. The predicted octanol–water partition coefficient (Wildman–Crippen LogP) is 1.05. The van der Waals surface area contributed by atoms with Gasteiger partial charge in [0.05, 0.1) is 13.0 Å². The van der Waals surface area contributed by atoms with Crippen LogP contribution in [0.25, 0.3) is 0 Å². The van der Waals surface area contributed by atoms with Crippen LogP contribution in [-0.4, -0.2) is 42.9 Å². The minimum atomic E-state index is -0.0914. The number of hydrogen-bond acceptors (Lipinski definition) is 3. The highest BCUT2D eigenvalue weighted by molar-refractivity contribution is 7.80. The maximum atomic E-state index is 12.0. The van der Waals surface area contributed by atoms with Gasteiger partial charge in [0.1, 0.15) is 25.3 Å². The summed E-state index contributed by atoms with van der Waals surface area (Å²) in [7, 11) is 0. The molecule has 6 nitrogen and oxygen atoms in total. The Bertz CT molecular complexity index is 619. The van der Waals surface area contributed by atoms with Crippen molar-refractivity contribution in [2.75, 3.05) is 25.0 Å². The molecule has 0 aromatic heterocycles. The molecule has 1 fully saturated rings. The van der Waals surface area contributed by atoms with Gasteiger partial charge in [-0.2, -0.15) is 0 Å². The molecule has 0 saturated carbocycles. The maximum Gasteiger partial charge on any atom is 0.244 e. The van der Waals surface area contributed by atoms with Crippen molar-refractivity contribution in [2.45, 2.75) is 39.4 Å². The summed E-state index contributed by atoms with van der Waals surface area (Å²) >= 11 is 11.3. The van der Waals surface area contributed by atoms with Gasteiger partial charge in [0.2, 0.25) is 5.91 Å². The summed E-state index contributed by atoms with van der Waals surface area (Å²) in [5.74, 6) is -0.0914. The van der Waals surface area contributed by atoms with Crippen LogP contribution in [0.4, 0.5) is 5.69 Å². The van der Waals surface area contributed by atoms with Crippen molar-refractivity contribution in [1.29, 1.82) is 0 Å². The van der Waals surface area contributed by atoms with E-state index in [4.69, 9.17) is 28.6 Å². The normalized spacial score (nSPS) is 23.0. The molecule has 1 saturated heterocycles. The molecule has 0 spiro atoms. The highest BCUT2D eigenvalue weighted by Gasteiger charge is 2.25. The number of hydrogen-bond donors (Lipinski definition) is 4. The number of nitrogens with one attached hydrogen (secondary N) is 4. The standard InChI is InChI=1S/C17H25ClN4O2S/c1-11-9-22(10-12(2)24-11)8-7-16(23)20-21-17(25)19-15-6-4-5-14(18)13(15)3/h4-6,11-12H,7-10H2,1-3H3,(H,20,23)(H2,19,21,25)/p+1/t11-,12-/m1/s1. The first-order valence-electron chi connectivity index (χ1n) is 8.45. The molecule has 1 aliphatic rings. The molecule has 1 amide bonds. The molecule has 0 bridgehead atoms. The number of rotatable bonds is 4. The van der Waals surface area contributed by atoms with Crippen LogP contribution in [0.1, 0.15) is 25.8 Å². The van der Waals surface area contributed by atoms with E-state index in [9.17, 15) is 4.79 Å². The van der Waals surface area contributed by atoms with Crippen LogP contribution >= 0.6 is 23.8 Å². The van der Waals surface area contributed by atoms with Crippen molar-refractivity contribution in [2.24, 2.45) is 0 Å². The summed E-state index contributed by atoms with van der Waals surface area (Å²) < 4.78 is 5.71. The average molecular weight is 386 g/mol. The molecule has 1 aliphatic heterocycles. The van der Waals surface area contributed by atoms with Gasteiger partial charge < -0.3 is 15.0 Å². The van der Waals surface area contributed by atoms with Gasteiger partial charge in [0, 0.05) is 10.7 Å². The fourth-order valence-corrected chi connectivity index (χ4v) is 3.30. The molecule has 1 aromatic carbocycles. The number of thiocarbonyl (C=S) groups is 1. The first kappa shape index (κ1) is 19.9. The fraction of sp³-hybridized carbons (Fsp3) is 0.529. The molecule has 2 atom stereocenters. The number of ether oxygens (including phenoxy) is 1. The zero-order valence-corrected chi connectivity index (χ0v) is 16.4. The lowest BCUT2D eigenvalue weighted by Crippen LogP contribution is -3.15. The van der Waals surface area contributed by atoms with Gasteiger partial charge in [0.15, 0.2) is 5.11 Å². The quantitative estimate of drug-likeness (QED) is 0.461. The second-order valence-corrected chi connectivity index (χ2v) is 7.27. The monoisotopic (exact) mass is 385 g/mol. The Morgan fingerprint density at radius 1 is 1.32 bits per heavy atom. The molecular weight excluding hydrogens is 360 g/mol. The molecule has 1 aromatic rings. The molecule has 0 unspecified atom stereocenters. The van der Waals surface area contributed by atoms with Crippen LogP contribution in [0.15, 0.2) is 18.2 Å². The van der Waals surface area contributed by atoms with E-state index in [-0.39, 0.29) is 18.1 Å². The Morgan fingerprint density at radius 3 is 2.68 bits per heavy atom. The van der Waals surface area contributed by atoms with Crippen molar-refractivity contribution in [1.82, 2.24) is 10.9 Å². The van der Waals surface area contributed by atoms with Crippen molar-refractivity contribution in [3.05, 3.63) is 28.8 Å². The van der Waals surface area contributed by atoms with Crippen LogP contribution in [0.2, 0.25) is 5.02 Å². The van der Waals surface area contributed by atoms with E-state index in [0.29, 0.717) is 16.6 Å². The molecule has 8 heteroatoms. The average Bonchev–Trinajstić information content (AvgIpc) is 2.54. The number of quaternary nitrogens is 1. The summed E-state index contributed by atoms with van der Waals surface area (Å²) in [6.07, 6.45) is 0.899. The Labute approximate surface area is 159 Å². The molecule has 0 radical (unpaired) electrons. The van der Waals surface area contributed by atoms with E-state index >= 15 is 0 Å². The Kier molecular flexibility index (Phi) is 7.43. The largest absolute Gasteiger partial charge is 0.364 e. The number of anilines is 1. The zero-order chi connectivity index (χ0) is 18.4. The van der Waals surface area contributed by atoms with E-state index in [0.717, 1.165) is 30.9 Å². The van der Waals surface area contributed by atoms with Gasteiger partial charge in [-0.1, -0.05) is 17.7 Å². The summed E-state index contributed by atoms with van der Waals surface area (Å²) in [5.41, 5.74) is 7.06. The third-order valence-electron chi connectivity index (χ3n) is 4.15. The number of carbonyl (C=O) groups excluding carboxylic acids is 1. The number of hydrazine groups is 1. The minimum Gasteiger partial charge on any atom is -0.364 e. The highest BCUT2D eigenvalue weighted by atomic mass is 35.5. The van der Waals surface area contributed by atoms with Gasteiger partial charge >= 0.3 is 0 Å². The molecule has 2 rings (SSSR count). The highest BCUT2D eigenvalue weighted by Crippen LogP contribution is 2.22. The zero-order valence-electron chi connectivity index (χ0n) is 14.8. The maximum absolute atomic E-state index is 12.0. The number of halogens is 1. The summed E-state index contributed by atoms with van der Waals surface area (Å²) in [5, 5.41) is 4.00. The lowest BCUT2D eigenvalue weighted by Gasteiger charge is -2.32. The molecule has 138 valence electrons. The van der Waals surface area contributed by atoms with E-state index in [1.807, 2.05) is 25.1 Å². The summed E-state index contributed by atoms with van der Waals surface area (Å²) in [6.45, 7) is 8.68. The molecule has 1 heterocycles.